The number of nitrogens with zero attached hydrogens (tertiary/aromatic N) is 2. The lowest BCUT2D eigenvalue weighted by atomic mass is 9.63. The molecule has 1 aromatic heterocycles. The molecule has 0 spiro atoms. The average molecular weight is 375 g/mol. The summed E-state index contributed by atoms with van der Waals surface area (Å²) in [5, 5.41) is 3.02. The maximum absolute atomic E-state index is 13.7. The van der Waals surface area contributed by atoms with Gasteiger partial charge in [-0.25, -0.2) is 14.4 Å². The molecule has 5 rings (SSSR count). The first-order valence-corrected chi connectivity index (χ1v) is 9.64. The largest absolute Gasteiger partial charge is 0.325 e. The minimum Gasteiger partial charge on any atom is -0.325 e. The summed E-state index contributed by atoms with van der Waals surface area (Å²) in [6.07, 6.45) is 1.61. The van der Waals surface area contributed by atoms with Crippen molar-refractivity contribution in [1.29, 1.82) is 0 Å². The van der Waals surface area contributed by atoms with E-state index in [0.717, 1.165) is 35.3 Å². The zero-order valence-corrected chi connectivity index (χ0v) is 16.2. The topological polar surface area (TPSA) is 54.9 Å². The lowest BCUT2D eigenvalue weighted by molar-refractivity contribution is -0.125. The van der Waals surface area contributed by atoms with Crippen LogP contribution in [-0.4, -0.2) is 15.9 Å². The molecule has 1 amide bonds. The molecule has 0 unspecified atom stereocenters. The van der Waals surface area contributed by atoms with Crippen molar-refractivity contribution in [2.45, 2.75) is 44.4 Å². The van der Waals surface area contributed by atoms with E-state index in [0.29, 0.717) is 5.69 Å². The number of aromatic nitrogens is 2. The predicted molar refractivity (Wildman–Crippen MR) is 107 cm³/mol. The van der Waals surface area contributed by atoms with E-state index in [1.165, 1.54) is 12.1 Å². The van der Waals surface area contributed by atoms with Gasteiger partial charge in [0.2, 0.25) is 5.91 Å². The Kier molecular flexibility index (Phi) is 3.32. The Labute approximate surface area is 163 Å². The Morgan fingerprint density at radius 1 is 0.929 bits per heavy atom. The molecule has 1 N–H and O–H groups in total. The van der Waals surface area contributed by atoms with E-state index in [2.05, 4.69) is 26.1 Å². The van der Waals surface area contributed by atoms with Crippen LogP contribution in [0.5, 0.6) is 0 Å². The number of rotatable bonds is 2. The fraction of sp³-hybridized carbons (Fsp3) is 0.348. The Hall–Kier alpha value is -2.82. The van der Waals surface area contributed by atoms with E-state index >= 15 is 0 Å². The van der Waals surface area contributed by atoms with Crippen LogP contribution in [-0.2, 0) is 15.6 Å². The van der Waals surface area contributed by atoms with Crippen molar-refractivity contribution in [3.05, 3.63) is 65.7 Å². The molecule has 5 heteroatoms. The third-order valence-electron chi connectivity index (χ3n) is 7.43. The van der Waals surface area contributed by atoms with Gasteiger partial charge in [0, 0.05) is 11.1 Å². The van der Waals surface area contributed by atoms with Crippen LogP contribution in [0.4, 0.5) is 10.1 Å². The smallest absolute Gasteiger partial charge is 0.237 e. The summed E-state index contributed by atoms with van der Waals surface area (Å²) in [7, 11) is 0. The minimum absolute atomic E-state index is 0.0869. The lowest BCUT2D eigenvalue weighted by Crippen LogP contribution is -2.48. The summed E-state index contributed by atoms with van der Waals surface area (Å²) >= 11 is 0. The third-order valence-corrected chi connectivity index (χ3v) is 7.43. The van der Waals surface area contributed by atoms with Crippen molar-refractivity contribution in [2.75, 3.05) is 5.32 Å². The Balaban J connectivity index is 1.69. The van der Waals surface area contributed by atoms with Crippen LogP contribution in [0, 0.1) is 11.2 Å². The average Bonchev–Trinajstić information content (AvgIpc) is 2.98. The van der Waals surface area contributed by atoms with Crippen molar-refractivity contribution in [2.24, 2.45) is 5.41 Å². The van der Waals surface area contributed by atoms with Crippen LogP contribution in [0.3, 0.4) is 0 Å². The number of carbonyl (C=O) groups is 1. The molecule has 2 aromatic carbocycles. The van der Waals surface area contributed by atoms with Crippen LogP contribution < -0.4 is 5.32 Å². The third kappa shape index (κ3) is 1.91. The molecule has 2 bridgehead atoms. The number of hydrogen-bond donors (Lipinski definition) is 1. The maximum Gasteiger partial charge on any atom is 0.237 e. The van der Waals surface area contributed by atoms with Crippen molar-refractivity contribution in [3.63, 3.8) is 0 Å². The summed E-state index contributed by atoms with van der Waals surface area (Å²) in [5.74, 6) is -0.412. The molecular weight excluding hydrogens is 353 g/mol. The van der Waals surface area contributed by atoms with E-state index in [9.17, 15) is 9.18 Å². The first kappa shape index (κ1) is 17.3. The van der Waals surface area contributed by atoms with Gasteiger partial charge in [0.1, 0.15) is 5.82 Å². The number of hydrogen-bond acceptors (Lipinski definition) is 3. The predicted octanol–water partition coefficient (Wildman–Crippen LogP) is 4.74. The molecule has 4 nitrogen and oxygen atoms in total. The van der Waals surface area contributed by atoms with Gasteiger partial charge in [-0.05, 0) is 54.7 Å². The number of fused-ring (bicyclic) bond motifs is 6. The molecule has 1 saturated carbocycles. The van der Waals surface area contributed by atoms with E-state index < -0.39 is 5.41 Å². The normalized spacial score (nSPS) is 27.0. The Morgan fingerprint density at radius 3 is 2.18 bits per heavy atom. The van der Waals surface area contributed by atoms with Gasteiger partial charge in [0.15, 0.2) is 0 Å². The molecule has 0 saturated heterocycles. The second kappa shape index (κ2) is 5.37. The van der Waals surface area contributed by atoms with E-state index in [4.69, 9.17) is 9.97 Å². The van der Waals surface area contributed by atoms with Crippen LogP contribution in [0.2, 0.25) is 0 Å². The number of para-hydroxylation sites is 2. The highest BCUT2D eigenvalue weighted by Crippen LogP contribution is 2.70. The summed E-state index contributed by atoms with van der Waals surface area (Å²) in [4.78, 5) is 23.6. The summed E-state index contributed by atoms with van der Waals surface area (Å²) < 4.78 is 13.3. The summed E-state index contributed by atoms with van der Waals surface area (Å²) in [6, 6.07) is 13.7. The van der Waals surface area contributed by atoms with Gasteiger partial charge in [-0.15, -0.1) is 0 Å². The molecule has 0 aliphatic heterocycles. The zero-order chi connectivity index (χ0) is 19.7. The van der Waals surface area contributed by atoms with Crippen molar-refractivity contribution in [1.82, 2.24) is 9.97 Å². The molecule has 28 heavy (non-hydrogen) atoms. The SMILES string of the molecule is CC1(C)[C@]2(C)CC[C@@]1(C(=O)Nc1ccc(F)cc1)c1nc3ccccc3nc12. The van der Waals surface area contributed by atoms with Gasteiger partial charge in [-0.1, -0.05) is 32.9 Å². The van der Waals surface area contributed by atoms with Crippen LogP contribution in [0.1, 0.15) is 45.0 Å². The highest BCUT2D eigenvalue weighted by molar-refractivity contribution is 6.02. The van der Waals surface area contributed by atoms with Crippen LogP contribution in [0.25, 0.3) is 11.0 Å². The Bertz CT molecular complexity index is 1120. The number of carbonyl (C=O) groups excluding carboxylic acids is 1. The minimum atomic E-state index is -0.761. The van der Waals surface area contributed by atoms with Gasteiger partial charge in [0.05, 0.1) is 27.8 Å². The second-order valence-electron chi connectivity index (χ2n) is 8.73. The van der Waals surface area contributed by atoms with Crippen molar-refractivity contribution < 1.29 is 9.18 Å². The molecule has 0 radical (unpaired) electrons. The van der Waals surface area contributed by atoms with Crippen LogP contribution in [0.15, 0.2) is 48.5 Å². The van der Waals surface area contributed by atoms with Gasteiger partial charge in [-0.3, -0.25) is 4.79 Å². The summed E-state index contributed by atoms with van der Waals surface area (Å²) in [6.45, 7) is 6.51. The van der Waals surface area contributed by atoms with E-state index in [-0.39, 0.29) is 22.6 Å². The Morgan fingerprint density at radius 2 is 1.54 bits per heavy atom. The molecular formula is C23H22FN3O. The monoisotopic (exact) mass is 375 g/mol. The first-order valence-electron chi connectivity index (χ1n) is 9.64. The second-order valence-corrected chi connectivity index (χ2v) is 8.73. The quantitative estimate of drug-likeness (QED) is 0.704. The lowest BCUT2D eigenvalue weighted by Gasteiger charge is -2.39. The van der Waals surface area contributed by atoms with E-state index in [1.54, 1.807) is 12.1 Å². The first-order chi connectivity index (χ1) is 13.3. The van der Waals surface area contributed by atoms with Gasteiger partial charge < -0.3 is 5.32 Å². The number of amides is 1. The maximum atomic E-state index is 13.7. The highest BCUT2D eigenvalue weighted by atomic mass is 19.1. The molecule has 1 fully saturated rings. The fourth-order valence-electron chi connectivity index (χ4n) is 5.32. The summed E-state index contributed by atoms with van der Waals surface area (Å²) in [5.41, 5.74) is 2.67. The van der Waals surface area contributed by atoms with E-state index in [1.807, 2.05) is 24.3 Å². The van der Waals surface area contributed by atoms with Crippen molar-refractivity contribution in [3.8, 4) is 0 Å². The molecule has 2 aliphatic carbocycles. The highest BCUT2D eigenvalue weighted by Gasteiger charge is 2.73. The number of halogens is 1. The molecule has 2 atom stereocenters. The molecule has 3 aromatic rings. The number of benzene rings is 2. The van der Waals surface area contributed by atoms with Crippen molar-refractivity contribution >= 4 is 22.6 Å². The molecule has 2 aliphatic rings. The number of nitrogens with one attached hydrogen (secondary N) is 1. The van der Waals surface area contributed by atoms with Gasteiger partial charge in [-0.2, -0.15) is 0 Å². The van der Waals surface area contributed by atoms with Gasteiger partial charge in [0.25, 0.3) is 0 Å². The van der Waals surface area contributed by atoms with Crippen LogP contribution >= 0.6 is 0 Å². The zero-order valence-electron chi connectivity index (χ0n) is 16.2. The number of anilines is 1. The molecule has 1 heterocycles. The van der Waals surface area contributed by atoms with Gasteiger partial charge >= 0.3 is 0 Å². The fourth-order valence-corrected chi connectivity index (χ4v) is 5.32. The standard InChI is InChI=1S/C23H22FN3O/c1-21(2)22(3)12-13-23(21,20(28)25-15-10-8-14(24)9-11-15)19-18(22)26-16-6-4-5-7-17(16)27-19/h4-11H,12-13H2,1-3H3,(H,25,28)/t22-,23+/m1/s1. The molecule has 142 valence electrons.